The van der Waals surface area contributed by atoms with Crippen LogP contribution in [0.15, 0.2) is 24.3 Å². The zero-order valence-electron chi connectivity index (χ0n) is 14.7. The molecular formula is C20H23N3OS. The van der Waals surface area contributed by atoms with Gasteiger partial charge in [-0.25, -0.2) is 4.98 Å². The molecule has 1 amide bonds. The maximum atomic E-state index is 13.0. The van der Waals surface area contributed by atoms with E-state index in [4.69, 9.17) is 4.98 Å². The number of aromatic nitrogens is 1. The van der Waals surface area contributed by atoms with Crippen molar-refractivity contribution in [3.63, 3.8) is 0 Å². The van der Waals surface area contributed by atoms with Gasteiger partial charge in [0.25, 0.3) is 0 Å². The number of rotatable bonds is 4. The summed E-state index contributed by atoms with van der Waals surface area (Å²) in [7, 11) is 0. The second kappa shape index (κ2) is 6.10. The fraction of sp³-hybridized carbons (Fsp3) is 0.550. The number of piperidine rings is 2. The number of benzene rings is 1. The predicted octanol–water partition coefficient (Wildman–Crippen LogP) is 4.47. The first-order valence-electron chi connectivity index (χ1n) is 9.13. The second-order valence-electron chi connectivity index (χ2n) is 7.65. The molecule has 1 aliphatic carbocycles. The van der Waals surface area contributed by atoms with Gasteiger partial charge in [0.2, 0.25) is 5.91 Å². The van der Waals surface area contributed by atoms with Crippen LogP contribution in [0.1, 0.15) is 56.9 Å². The van der Waals surface area contributed by atoms with Gasteiger partial charge < -0.3 is 4.90 Å². The summed E-state index contributed by atoms with van der Waals surface area (Å²) in [5.74, 6) is 0.361. The number of fused-ring (bicyclic) bond motifs is 3. The summed E-state index contributed by atoms with van der Waals surface area (Å²) in [6.07, 6.45) is 4.01. The number of hydrogen-bond donors (Lipinski definition) is 0. The molecule has 3 heterocycles. The molecule has 3 fully saturated rings. The van der Waals surface area contributed by atoms with Crippen LogP contribution in [0.5, 0.6) is 0 Å². The summed E-state index contributed by atoms with van der Waals surface area (Å²) in [6.45, 7) is 4.22. The van der Waals surface area contributed by atoms with E-state index in [9.17, 15) is 10.1 Å². The van der Waals surface area contributed by atoms with E-state index in [0.717, 1.165) is 36.2 Å². The van der Waals surface area contributed by atoms with Crippen molar-refractivity contribution >= 4 is 27.5 Å². The Morgan fingerprint density at radius 1 is 1.44 bits per heavy atom. The first-order valence-corrected chi connectivity index (χ1v) is 9.95. The van der Waals surface area contributed by atoms with Gasteiger partial charge in [-0.05, 0) is 37.8 Å². The molecule has 1 saturated carbocycles. The Morgan fingerprint density at radius 3 is 2.88 bits per heavy atom. The van der Waals surface area contributed by atoms with Crippen molar-refractivity contribution in [2.24, 2.45) is 5.41 Å². The number of hydrogen-bond acceptors (Lipinski definition) is 4. The molecular weight excluding hydrogens is 330 g/mol. The summed E-state index contributed by atoms with van der Waals surface area (Å²) in [4.78, 5) is 19.8. The number of amides is 1. The van der Waals surface area contributed by atoms with E-state index in [2.05, 4.69) is 30.9 Å². The van der Waals surface area contributed by atoms with Crippen molar-refractivity contribution in [2.45, 2.75) is 64.0 Å². The Kier molecular flexibility index (Phi) is 4.04. The zero-order valence-corrected chi connectivity index (χ0v) is 15.6. The van der Waals surface area contributed by atoms with Crippen LogP contribution >= 0.6 is 11.3 Å². The lowest BCUT2D eigenvalue weighted by Crippen LogP contribution is -2.63. The van der Waals surface area contributed by atoms with Crippen LogP contribution in [0.4, 0.5) is 0 Å². The largest absolute Gasteiger partial charge is 0.337 e. The molecule has 2 saturated heterocycles. The first kappa shape index (κ1) is 16.5. The summed E-state index contributed by atoms with van der Waals surface area (Å²) < 4.78 is 1.18. The van der Waals surface area contributed by atoms with Gasteiger partial charge >= 0.3 is 0 Å². The Labute approximate surface area is 152 Å². The number of nitrogens with zero attached hydrogens (tertiary/aromatic N) is 3. The molecule has 5 heteroatoms. The van der Waals surface area contributed by atoms with Gasteiger partial charge in [0, 0.05) is 24.4 Å². The van der Waals surface area contributed by atoms with Gasteiger partial charge in [-0.2, -0.15) is 5.26 Å². The average Bonchev–Trinajstić information content (AvgIpc) is 3.04. The first-order chi connectivity index (χ1) is 12.0. The maximum Gasteiger partial charge on any atom is 0.223 e. The van der Waals surface area contributed by atoms with Gasteiger partial charge in [-0.1, -0.05) is 26.0 Å². The van der Waals surface area contributed by atoms with Gasteiger partial charge in [-0.3, -0.25) is 4.79 Å². The summed E-state index contributed by atoms with van der Waals surface area (Å²) >= 11 is 1.69. The second-order valence-corrected chi connectivity index (χ2v) is 8.71. The fourth-order valence-corrected chi connectivity index (χ4v) is 5.51. The predicted molar refractivity (Wildman–Crippen MR) is 99.3 cm³/mol. The third-order valence-electron chi connectivity index (χ3n) is 5.88. The molecule has 3 aliphatic rings. The Balaban J connectivity index is 1.48. The fourth-order valence-electron chi connectivity index (χ4n) is 4.49. The van der Waals surface area contributed by atoms with E-state index in [0.29, 0.717) is 6.42 Å². The van der Waals surface area contributed by atoms with Crippen molar-refractivity contribution in [3.05, 3.63) is 29.3 Å². The van der Waals surface area contributed by atoms with Crippen LogP contribution in [0.25, 0.3) is 10.2 Å². The molecule has 0 radical (unpaired) electrons. The molecule has 2 atom stereocenters. The average molecular weight is 353 g/mol. The van der Waals surface area contributed by atoms with E-state index in [1.807, 2.05) is 18.2 Å². The van der Waals surface area contributed by atoms with Crippen LogP contribution in [-0.4, -0.2) is 27.9 Å². The molecule has 2 aliphatic heterocycles. The maximum absolute atomic E-state index is 13.0. The zero-order chi connectivity index (χ0) is 17.6. The summed E-state index contributed by atoms with van der Waals surface area (Å²) in [5.41, 5.74) is 0.866. The summed E-state index contributed by atoms with van der Waals surface area (Å²) in [5, 5.41) is 10.5. The van der Waals surface area contributed by atoms with Crippen LogP contribution in [0, 0.1) is 16.7 Å². The van der Waals surface area contributed by atoms with Crippen LogP contribution < -0.4 is 0 Å². The number of para-hydroxylation sites is 1. The van der Waals surface area contributed by atoms with Crippen LogP contribution in [0.3, 0.4) is 0 Å². The number of nitriles is 1. The minimum atomic E-state index is -0.152. The molecule has 2 bridgehead atoms. The number of thiazole rings is 1. The minimum Gasteiger partial charge on any atom is -0.337 e. The molecule has 0 spiro atoms. The molecule has 5 rings (SSSR count). The van der Waals surface area contributed by atoms with E-state index in [-0.39, 0.29) is 29.3 Å². The molecule has 2 aromatic rings. The highest BCUT2D eigenvalue weighted by molar-refractivity contribution is 7.18. The standard InChI is InChI=1S/C20H23N3OS/c1-3-14-9-20(12-21)10-15(11-20)23(14)18(24)8-13(2)19-22-16-6-4-5-7-17(16)25-19/h4-7,13-15H,3,8-11H2,1-2H3. The normalized spacial score (nSPS) is 29.1. The summed E-state index contributed by atoms with van der Waals surface area (Å²) in [6, 6.07) is 11.1. The SMILES string of the molecule is CCC1CC2(C#N)CC(C2)N1C(=O)CC(C)c1nc2ccccc2s1. The smallest absolute Gasteiger partial charge is 0.223 e. The van der Waals surface area contributed by atoms with Crippen molar-refractivity contribution in [3.8, 4) is 6.07 Å². The molecule has 2 unspecified atom stereocenters. The molecule has 1 aromatic heterocycles. The van der Waals surface area contributed by atoms with Crippen LogP contribution in [-0.2, 0) is 4.79 Å². The highest BCUT2D eigenvalue weighted by Crippen LogP contribution is 2.53. The van der Waals surface area contributed by atoms with Crippen molar-refractivity contribution < 1.29 is 4.79 Å². The lowest BCUT2D eigenvalue weighted by molar-refractivity contribution is -0.152. The minimum absolute atomic E-state index is 0.130. The van der Waals surface area contributed by atoms with Crippen molar-refractivity contribution in [1.29, 1.82) is 5.26 Å². The Morgan fingerprint density at radius 2 is 2.20 bits per heavy atom. The van der Waals surface area contributed by atoms with Crippen molar-refractivity contribution in [1.82, 2.24) is 9.88 Å². The molecule has 25 heavy (non-hydrogen) atoms. The number of carbonyl (C=O) groups excluding carboxylic acids is 1. The van der Waals surface area contributed by atoms with Gasteiger partial charge in [-0.15, -0.1) is 11.3 Å². The van der Waals surface area contributed by atoms with E-state index >= 15 is 0 Å². The molecule has 1 aromatic carbocycles. The van der Waals surface area contributed by atoms with Gasteiger partial charge in [0.05, 0.1) is 26.7 Å². The molecule has 4 nitrogen and oxygen atoms in total. The van der Waals surface area contributed by atoms with E-state index in [1.54, 1.807) is 11.3 Å². The molecule has 0 N–H and O–H groups in total. The van der Waals surface area contributed by atoms with E-state index in [1.165, 1.54) is 4.70 Å². The van der Waals surface area contributed by atoms with E-state index < -0.39 is 0 Å². The highest BCUT2D eigenvalue weighted by atomic mass is 32.1. The van der Waals surface area contributed by atoms with Gasteiger partial charge in [0.1, 0.15) is 0 Å². The van der Waals surface area contributed by atoms with Gasteiger partial charge in [0.15, 0.2) is 0 Å². The Bertz CT molecular complexity index is 813. The highest BCUT2D eigenvalue weighted by Gasteiger charge is 2.55. The monoisotopic (exact) mass is 353 g/mol. The lowest BCUT2D eigenvalue weighted by Gasteiger charge is -2.58. The third-order valence-corrected chi connectivity index (χ3v) is 7.14. The quantitative estimate of drug-likeness (QED) is 0.814. The lowest BCUT2D eigenvalue weighted by atomic mass is 9.58. The third kappa shape index (κ3) is 2.73. The van der Waals surface area contributed by atoms with Crippen LogP contribution in [0.2, 0.25) is 0 Å². The topological polar surface area (TPSA) is 57.0 Å². The molecule has 130 valence electrons. The number of carbonyl (C=O) groups is 1. The van der Waals surface area contributed by atoms with Crippen molar-refractivity contribution in [2.75, 3.05) is 0 Å². The Hall–Kier alpha value is -1.93.